The Morgan fingerprint density at radius 1 is 1.14 bits per heavy atom. The number of imidazole rings is 1. The molecular weight excluding hydrogens is 538 g/mol. The summed E-state index contributed by atoms with van der Waals surface area (Å²) in [6.45, 7) is 11.7. The molecule has 0 bridgehead atoms. The lowest BCUT2D eigenvalue weighted by Crippen LogP contribution is -2.66. The van der Waals surface area contributed by atoms with Crippen LogP contribution in [-0.4, -0.2) is 112 Å². The fraction of sp³-hybridized carbons (Fsp3) is 0.677. The zero-order valence-corrected chi connectivity index (χ0v) is 25.8. The molecule has 232 valence electrons. The Labute approximate surface area is 248 Å². The quantitative estimate of drug-likeness (QED) is 0.420. The molecule has 1 N–H and O–H groups in total. The van der Waals surface area contributed by atoms with Gasteiger partial charge in [0.1, 0.15) is 0 Å². The Kier molecular flexibility index (Phi) is 10.5. The molecule has 11 heteroatoms. The van der Waals surface area contributed by atoms with Crippen LogP contribution in [0.4, 0.5) is 4.79 Å². The van der Waals surface area contributed by atoms with Crippen LogP contribution in [-0.2, 0) is 20.8 Å². The van der Waals surface area contributed by atoms with Gasteiger partial charge in [0.05, 0.1) is 42.2 Å². The molecule has 42 heavy (non-hydrogen) atoms. The van der Waals surface area contributed by atoms with Crippen molar-refractivity contribution >= 4 is 28.9 Å². The molecule has 2 fully saturated rings. The van der Waals surface area contributed by atoms with E-state index in [1.807, 2.05) is 56.5 Å². The lowest BCUT2D eigenvalue weighted by Gasteiger charge is -2.52. The van der Waals surface area contributed by atoms with Crippen molar-refractivity contribution in [3.05, 3.63) is 30.1 Å². The van der Waals surface area contributed by atoms with Crippen LogP contribution in [0.15, 0.2) is 24.3 Å². The lowest BCUT2D eigenvalue weighted by atomic mass is 9.74. The second kappa shape index (κ2) is 13.9. The summed E-state index contributed by atoms with van der Waals surface area (Å²) < 4.78 is 12.7. The number of benzene rings is 1. The third-order valence-corrected chi connectivity index (χ3v) is 8.40. The highest BCUT2D eigenvalue weighted by Gasteiger charge is 2.50. The van der Waals surface area contributed by atoms with Gasteiger partial charge < -0.3 is 33.8 Å². The van der Waals surface area contributed by atoms with Gasteiger partial charge in [0, 0.05) is 46.4 Å². The average molecular weight is 586 g/mol. The van der Waals surface area contributed by atoms with Crippen molar-refractivity contribution in [2.45, 2.75) is 72.0 Å². The van der Waals surface area contributed by atoms with E-state index >= 15 is 0 Å². The average Bonchev–Trinajstić information content (AvgIpc) is 3.35. The fourth-order valence-electron chi connectivity index (χ4n) is 6.58. The number of nitrogens with zero attached hydrogens (tertiary/aromatic N) is 5. The zero-order valence-electron chi connectivity index (χ0n) is 25.8. The number of para-hydroxylation sites is 2. The number of hydrogen-bond donors (Lipinski definition) is 1. The Balaban J connectivity index is 1.75. The first-order valence-corrected chi connectivity index (χ1v) is 15.2. The summed E-state index contributed by atoms with van der Waals surface area (Å²) in [5.74, 6) is -0.513. The van der Waals surface area contributed by atoms with Gasteiger partial charge in [-0.3, -0.25) is 9.59 Å². The third kappa shape index (κ3) is 6.89. The van der Waals surface area contributed by atoms with Crippen molar-refractivity contribution in [2.24, 2.45) is 11.3 Å². The number of rotatable bonds is 10. The van der Waals surface area contributed by atoms with Gasteiger partial charge in [0.2, 0.25) is 5.91 Å². The van der Waals surface area contributed by atoms with Gasteiger partial charge in [-0.1, -0.05) is 39.8 Å². The van der Waals surface area contributed by atoms with Crippen LogP contribution in [0.25, 0.3) is 11.0 Å². The molecule has 0 saturated carbocycles. The van der Waals surface area contributed by atoms with Crippen LogP contribution < -0.4 is 0 Å². The van der Waals surface area contributed by atoms with E-state index in [0.717, 1.165) is 23.9 Å². The van der Waals surface area contributed by atoms with Gasteiger partial charge in [-0.15, -0.1) is 0 Å². The molecule has 4 rings (SSSR count). The monoisotopic (exact) mass is 585 g/mol. The summed E-state index contributed by atoms with van der Waals surface area (Å²) in [5, 5.41) is 10.4. The first kappa shape index (κ1) is 31.7. The highest BCUT2D eigenvalue weighted by molar-refractivity contribution is 5.95. The van der Waals surface area contributed by atoms with Gasteiger partial charge in [-0.25, -0.2) is 9.78 Å². The number of piperidine rings is 1. The number of morpholine rings is 1. The molecule has 2 saturated heterocycles. The molecule has 3 heterocycles. The fourth-order valence-corrected chi connectivity index (χ4v) is 6.58. The van der Waals surface area contributed by atoms with Crippen LogP contribution in [0.5, 0.6) is 0 Å². The van der Waals surface area contributed by atoms with Crippen molar-refractivity contribution in [3.63, 3.8) is 0 Å². The maximum atomic E-state index is 14.6. The number of carbonyl (C=O) groups excluding carboxylic acids is 2. The number of aromatic nitrogens is 2. The summed E-state index contributed by atoms with van der Waals surface area (Å²) in [6, 6.07) is 6.73. The molecule has 1 aromatic heterocycles. The largest absolute Gasteiger partial charge is 0.465 e. The van der Waals surface area contributed by atoms with E-state index in [-0.39, 0.29) is 18.4 Å². The Bertz CT molecular complexity index is 1230. The molecule has 0 radical (unpaired) electrons. The molecule has 1 aromatic carbocycles. The summed E-state index contributed by atoms with van der Waals surface area (Å²) >= 11 is 0. The maximum Gasteiger partial charge on any atom is 0.407 e. The highest BCUT2D eigenvalue weighted by atomic mass is 16.5. The molecule has 3 atom stereocenters. The van der Waals surface area contributed by atoms with Gasteiger partial charge in [-0.2, -0.15) is 0 Å². The van der Waals surface area contributed by atoms with Crippen molar-refractivity contribution < 1.29 is 29.0 Å². The summed E-state index contributed by atoms with van der Waals surface area (Å²) in [4.78, 5) is 50.8. The minimum absolute atomic E-state index is 0.0730. The third-order valence-electron chi connectivity index (χ3n) is 8.40. The Morgan fingerprint density at radius 3 is 2.50 bits per heavy atom. The van der Waals surface area contributed by atoms with E-state index in [1.54, 1.807) is 16.9 Å². The number of likely N-dealkylation sites (tertiary alicyclic amines) is 1. The number of amides is 3. The van der Waals surface area contributed by atoms with Crippen LogP contribution in [0.2, 0.25) is 0 Å². The van der Waals surface area contributed by atoms with Gasteiger partial charge >= 0.3 is 6.09 Å². The normalized spacial score (nSPS) is 21.5. The molecule has 0 aliphatic carbocycles. The van der Waals surface area contributed by atoms with Gasteiger partial charge in [-0.05, 0) is 43.2 Å². The summed E-state index contributed by atoms with van der Waals surface area (Å²) in [6.07, 6.45) is 1.67. The van der Waals surface area contributed by atoms with E-state index in [0.29, 0.717) is 64.7 Å². The standard InChI is InChI=1S/C31H47N5O6/c1-6-13-35(29(38)27-32-23-11-7-8-12-24(23)34(27)14-9-10-17-41-5)25-20-22(28(37)33-15-18-42-19-16-33)21-36(30(39)40)26(25)31(2,3)4/h7-8,11-12,22,25-26H,6,9-10,13-21H2,1-5H3,(H,39,40)/t22-,25+,26?/m1/s1. The number of aryl methyl sites for hydroxylation is 1. The maximum absolute atomic E-state index is 14.6. The van der Waals surface area contributed by atoms with Crippen molar-refractivity contribution in [3.8, 4) is 0 Å². The lowest BCUT2D eigenvalue weighted by molar-refractivity contribution is -0.144. The minimum atomic E-state index is -1.08. The van der Waals surface area contributed by atoms with E-state index in [1.165, 1.54) is 4.90 Å². The Hall–Kier alpha value is -3.18. The van der Waals surface area contributed by atoms with Crippen LogP contribution in [0.3, 0.4) is 0 Å². The topological polar surface area (TPSA) is 117 Å². The van der Waals surface area contributed by atoms with Gasteiger partial charge in [0.25, 0.3) is 5.91 Å². The van der Waals surface area contributed by atoms with E-state index < -0.39 is 29.5 Å². The number of methoxy groups -OCH3 is 1. The van der Waals surface area contributed by atoms with Crippen LogP contribution >= 0.6 is 0 Å². The molecule has 11 nitrogen and oxygen atoms in total. The smallest absolute Gasteiger partial charge is 0.407 e. The second-order valence-corrected chi connectivity index (χ2v) is 12.5. The number of ether oxygens (including phenoxy) is 2. The van der Waals surface area contributed by atoms with Crippen LogP contribution in [0.1, 0.15) is 64.0 Å². The molecule has 0 spiro atoms. The van der Waals surface area contributed by atoms with Crippen LogP contribution in [0, 0.1) is 11.3 Å². The number of fused-ring (bicyclic) bond motifs is 1. The molecule has 1 unspecified atom stereocenters. The van der Waals surface area contributed by atoms with Gasteiger partial charge in [0.15, 0.2) is 5.82 Å². The number of carbonyl (C=O) groups is 3. The van der Waals surface area contributed by atoms with E-state index in [2.05, 4.69) is 0 Å². The van der Waals surface area contributed by atoms with Crippen molar-refractivity contribution in [1.29, 1.82) is 0 Å². The number of hydrogen-bond acceptors (Lipinski definition) is 6. The molecule has 2 aromatic rings. The Morgan fingerprint density at radius 2 is 1.86 bits per heavy atom. The minimum Gasteiger partial charge on any atom is -0.465 e. The predicted octanol–water partition coefficient (Wildman–Crippen LogP) is 3.96. The molecular formula is C31H47N5O6. The predicted molar refractivity (Wildman–Crippen MR) is 159 cm³/mol. The van der Waals surface area contributed by atoms with E-state index in [9.17, 15) is 19.5 Å². The molecule has 2 aliphatic heterocycles. The molecule has 3 amide bonds. The van der Waals surface area contributed by atoms with Crippen molar-refractivity contribution in [2.75, 3.05) is 53.1 Å². The number of unbranched alkanes of at least 4 members (excludes halogenated alkanes) is 1. The first-order chi connectivity index (χ1) is 20.1. The molecule has 2 aliphatic rings. The second-order valence-electron chi connectivity index (χ2n) is 12.5. The zero-order chi connectivity index (χ0) is 30.4. The van der Waals surface area contributed by atoms with Crippen molar-refractivity contribution in [1.82, 2.24) is 24.3 Å². The summed E-state index contributed by atoms with van der Waals surface area (Å²) in [5.41, 5.74) is 1.15. The SMILES string of the molecule is CCCN(C(=O)c1nc2ccccc2n1CCCCOC)[C@H]1C[C@@H](C(=O)N2CCOCC2)CN(C(=O)O)C1C(C)(C)C. The summed E-state index contributed by atoms with van der Waals surface area (Å²) in [7, 11) is 1.68. The van der Waals surface area contributed by atoms with E-state index in [4.69, 9.17) is 14.5 Å². The highest BCUT2D eigenvalue weighted by Crippen LogP contribution is 2.38. The first-order valence-electron chi connectivity index (χ1n) is 15.2. The number of carboxylic acid groups (broad SMARTS) is 1.